The minimum Gasteiger partial charge on any atom is -0.481 e. The fourth-order valence-corrected chi connectivity index (χ4v) is 2.37. The highest BCUT2D eigenvalue weighted by Gasteiger charge is 2.32. The molecule has 0 saturated heterocycles. The molecule has 2 N–H and O–H groups in total. The van der Waals surface area contributed by atoms with Crippen LogP contribution in [0, 0.1) is 5.92 Å². The van der Waals surface area contributed by atoms with E-state index in [0.717, 1.165) is 12.8 Å². The Morgan fingerprint density at radius 2 is 2.12 bits per heavy atom. The number of alkyl halides is 3. The topological polar surface area (TPSA) is 49.3 Å². The minimum absolute atomic E-state index is 0.109. The van der Waals surface area contributed by atoms with Crippen LogP contribution in [0.25, 0.3) is 0 Å². The summed E-state index contributed by atoms with van der Waals surface area (Å²) in [5, 5.41) is 11.7. The van der Waals surface area contributed by atoms with Crippen LogP contribution in [0.15, 0.2) is 0 Å². The Hall–Kier alpha value is -0.780. The van der Waals surface area contributed by atoms with Gasteiger partial charge in [-0.2, -0.15) is 13.2 Å². The number of carbonyl (C=O) groups is 1. The summed E-state index contributed by atoms with van der Waals surface area (Å²) in [6.07, 6.45) is -2.48. The summed E-state index contributed by atoms with van der Waals surface area (Å²) in [5.74, 6) is -1.26. The summed E-state index contributed by atoms with van der Waals surface area (Å²) in [5.41, 5.74) is 0. The van der Waals surface area contributed by atoms with Crippen molar-refractivity contribution in [2.24, 2.45) is 5.92 Å². The van der Waals surface area contributed by atoms with Crippen LogP contribution in [0.5, 0.6) is 0 Å². The molecule has 1 saturated carbocycles. The standard InChI is InChI=1S/C11H18F3NO2/c1-7(6-11(12,13)14)15-9-4-2-3-8(5-9)10(16)17/h7-9,15H,2-6H2,1H3,(H,16,17). The second-order valence-corrected chi connectivity index (χ2v) is 4.79. The molecular formula is C11H18F3NO2. The molecular weight excluding hydrogens is 235 g/mol. The van der Waals surface area contributed by atoms with Gasteiger partial charge in [0.2, 0.25) is 0 Å². The third-order valence-corrected chi connectivity index (χ3v) is 3.08. The van der Waals surface area contributed by atoms with Crippen molar-refractivity contribution in [3.8, 4) is 0 Å². The highest BCUT2D eigenvalue weighted by atomic mass is 19.4. The number of aliphatic carboxylic acids is 1. The first kappa shape index (κ1) is 14.3. The number of carboxylic acids is 1. The Bertz CT molecular complexity index is 268. The molecule has 0 spiro atoms. The van der Waals surface area contributed by atoms with Crippen LogP contribution in [0.3, 0.4) is 0 Å². The van der Waals surface area contributed by atoms with Crippen molar-refractivity contribution < 1.29 is 23.1 Å². The van der Waals surface area contributed by atoms with Gasteiger partial charge < -0.3 is 10.4 Å². The van der Waals surface area contributed by atoms with Crippen LogP contribution < -0.4 is 5.32 Å². The minimum atomic E-state index is -4.17. The second kappa shape index (κ2) is 5.71. The van der Waals surface area contributed by atoms with E-state index in [9.17, 15) is 18.0 Å². The van der Waals surface area contributed by atoms with Crippen LogP contribution in [-0.2, 0) is 4.79 Å². The van der Waals surface area contributed by atoms with E-state index in [1.54, 1.807) is 0 Å². The summed E-state index contributed by atoms with van der Waals surface area (Å²) in [4.78, 5) is 10.8. The van der Waals surface area contributed by atoms with Gasteiger partial charge in [-0.15, -0.1) is 0 Å². The van der Waals surface area contributed by atoms with Crippen molar-refractivity contribution >= 4 is 5.97 Å². The molecule has 0 aliphatic heterocycles. The van der Waals surface area contributed by atoms with Gasteiger partial charge in [0.15, 0.2) is 0 Å². The van der Waals surface area contributed by atoms with E-state index >= 15 is 0 Å². The molecule has 3 nitrogen and oxygen atoms in total. The smallest absolute Gasteiger partial charge is 0.390 e. The first-order valence-corrected chi connectivity index (χ1v) is 5.83. The van der Waals surface area contributed by atoms with Crippen LogP contribution >= 0.6 is 0 Å². The largest absolute Gasteiger partial charge is 0.481 e. The van der Waals surface area contributed by atoms with Crippen LogP contribution in [0.4, 0.5) is 13.2 Å². The van der Waals surface area contributed by atoms with Gasteiger partial charge in [0.05, 0.1) is 12.3 Å². The van der Waals surface area contributed by atoms with Gasteiger partial charge in [-0.25, -0.2) is 0 Å². The fraction of sp³-hybridized carbons (Fsp3) is 0.909. The van der Waals surface area contributed by atoms with Gasteiger partial charge in [-0.1, -0.05) is 6.42 Å². The highest BCUT2D eigenvalue weighted by molar-refractivity contribution is 5.70. The lowest BCUT2D eigenvalue weighted by atomic mass is 9.85. The van der Waals surface area contributed by atoms with Crippen molar-refractivity contribution in [3.05, 3.63) is 0 Å². The average Bonchev–Trinajstić information content (AvgIpc) is 2.14. The monoisotopic (exact) mass is 253 g/mol. The van der Waals surface area contributed by atoms with Crippen LogP contribution in [0.1, 0.15) is 39.0 Å². The van der Waals surface area contributed by atoms with Gasteiger partial charge in [0.1, 0.15) is 0 Å². The van der Waals surface area contributed by atoms with E-state index < -0.39 is 30.5 Å². The number of hydrogen-bond acceptors (Lipinski definition) is 2. The van der Waals surface area contributed by atoms with Gasteiger partial charge >= 0.3 is 12.1 Å². The van der Waals surface area contributed by atoms with E-state index in [1.165, 1.54) is 6.92 Å². The zero-order valence-electron chi connectivity index (χ0n) is 9.76. The molecule has 1 rings (SSSR count). The molecule has 0 aromatic heterocycles. The number of rotatable bonds is 4. The lowest BCUT2D eigenvalue weighted by Crippen LogP contribution is -2.42. The summed E-state index contributed by atoms with van der Waals surface area (Å²) < 4.78 is 36.4. The summed E-state index contributed by atoms with van der Waals surface area (Å²) in [7, 11) is 0. The Labute approximate surface area is 98.4 Å². The first-order chi connectivity index (χ1) is 7.78. The third kappa shape index (κ3) is 5.39. The molecule has 100 valence electrons. The highest BCUT2D eigenvalue weighted by Crippen LogP contribution is 2.26. The molecule has 0 aromatic carbocycles. The fourth-order valence-electron chi connectivity index (χ4n) is 2.37. The molecule has 6 heteroatoms. The van der Waals surface area contributed by atoms with Gasteiger partial charge in [-0.05, 0) is 26.2 Å². The number of nitrogens with one attached hydrogen (secondary N) is 1. The molecule has 0 radical (unpaired) electrons. The van der Waals surface area contributed by atoms with E-state index in [4.69, 9.17) is 5.11 Å². The number of carboxylic acid groups (broad SMARTS) is 1. The zero-order valence-corrected chi connectivity index (χ0v) is 9.76. The Morgan fingerprint density at radius 1 is 1.47 bits per heavy atom. The Balaban J connectivity index is 2.38. The molecule has 0 amide bonds. The normalized spacial score (nSPS) is 27.8. The molecule has 1 fully saturated rings. The van der Waals surface area contributed by atoms with Gasteiger partial charge in [-0.3, -0.25) is 4.79 Å². The molecule has 1 aliphatic carbocycles. The molecule has 0 bridgehead atoms. The van der Waals surface area contributed by atoms with E-state index in [0.29, 0.717) is 12.8 Å². The van der Waals surface area contributed by atoms with Crippen molar-refractivity contribution in [1.29, 1.82) is 0 Å². The molecule has 3 unspecified atom stereocenters. The van der Waals surface area contributed by atoms with E-state index in [2.05, 4.69) is 5.32 Å². The summed E-state index contributed by atoms with van der Waals surface area (Å²) in [6, 6.07) is -0.769. The third-order valence-electron chi connectivity index (χ3n) is 3.08. The lowest BCUT2D eigenvalue weighted by Gasteiger charge is -2.30. The van der Waals surface area contributed by atoms with E-state index in [-0.39, 0.29) is 6.04 Å². The van der Waals surface area contributed by atoms with Gasteiger partial charge in [0, 0.05) is 12.1 Å². The summed E-state index contributed by atoms with van der Waals surface area (Å²) >= 11 is 0. The van der Waals surface area contributed by atoms with Crippen LogP contribution in [-0.4, -0.2) is 29.3 Å². The lowest BCUT2D eigenvalue weighted by molar-refractivity contribution is -0.144. The van der Waals surface area contributed by atoms with E-state index in [1.807, 2.05) is 0 Å². The summed E-state index contributed by atoms with van der Waals surface area (Å²) in [6.45, 7) is 1.48. The number of hydrogen-bond donors (Lipinski definition) is 2. The Morgan fingerprint density at radius 3 is 2.65 bits per heavy atom. The quantitative estimate of drug-likeness (QED) is 0.809. The molecule has 0 heterocycles. The van der Waals surface area contributed by atoms with Crippen molar-refractivity contribution in [3.63, 3.8) is 0 Å². The molecule has 17 heavy (non-hydrogen) atoms. The molecule has 1 aliphatic rings. The van der Waals surface area contributed by atoms with Crippen molar-refractivity contribution in [2.45, 2.75) is 57.3 Å². The Kier molecular flexibility index (Phi) is 4.80. The molecule has 3 atom stereocenters. The maximum Gasteiger partial charge on any atom is 0.390 e. The predicted molar refractivity (Wildman–Crippen MR) is 56.7 cm³/mol. The maximum atomic E-state index is 12.1. The maximum absolute atomic E-state index is 12.1. The SMILES string of the molecule is CC(CC(F)(F)F)NC1CCCC(C(=O)O)C1. The molecule has 0 aromatic rings. The predicted octanol–water partition coefficient (Wildman–Crippen LogP) is 2.56. The zero-order chi connectivity index (χ0) is 13.1. The van der Waals surface area contributed by atoms with Gasteiger partial charge in [0.25, 0.3) is 0 Å². The average molecular weight is 253 g/mol. The van der Waals surface area contributed by atoms with Crippen molar-refractivity contribution in [2.75, 3.05) is 0 Å². The number of halogens is 3. The second-order valence-electron chi connectivity index (χ2n) is 4.79. The first-order valence-electron chi connectivity index (χ1n) is 5.83. The van der Waals surface area contributed by atoms with Crippen molar-refractivity contribution in [1.82, 2.24) is 5.32 Å². The van der Waals surface area contributed by atoms with Crippen LogP contribution in [0.2, 0.25) is 0 Å².